The summed E-state index contributed by atoms with van der Waals surface area (Å²) in [7, 11) is 0. The molecule has 14 heteroatoms. The molecule has 0 aromatic rings. The Kier molecular flexibility index (Phi) is 39.5. The van der Waals surface area contributed by atoms with E-state index in [1.165, 1.54) is 154 Å². The Hall–Kier alpha value is -1.53. The molecule has 2 heterocycles. The second-order valence-electron chi connectivity index (χ2n) is 20.4. The van der Waals surface area contributed by atoms with Gasteiger partial charge in [-0.15, -0.1) is 0 Å². The highest BCUT2D eigenvalue weighted by Gasteiger charge is 2.51. The fraction of sp³-hybridized carbons (Fsp3) is 0.911. The Labute approximate surface area is 424 Å². The van der Waals surface area contributed by atoms with Gasteiger partial charge in [0.05, 0.1) is 32.0 Å². The number of unbranched alkanes of at least 4 members (excludes halogenated alkanes) is 28. The molecule has 0 saturated carbocycles. The fourth-order valence-corrected chi connectivity index (χ4v) is 9.50. The predicted octanol–water partition coefficient (Wildman–Crippen LogP) is 8.89. The number of aliphatic hydroxyl groups excluding tert-OH is 8. The summed E-state index contributed by atoms with van der Waals surface area (Å²) >= 11 is 0. The summed E-state index contributed by atoms with van der Waals surface area (Å²) in [4.78, 5) is 13.0. The number of aliphatic hydroxyl groups is 8. The zero-order chi connectivity index (χ0) is 51.0. The van der Waals surface area contributed by atoms with Crippen molar-refractivity contribution in [3.63, 3.8) is 0 Å². The second kappa shape index (κ2) is 42.8. The highest BCUT2D eigenvalue weighted by atomic mass is 16.7. The Morgan fingerprint density at radius 1 is 0.514 bits per heavy atom. The van der Waals surface area contributed by atoms with Crippen LogP contribution in [0, 0.1) is 0 Å². The Bertz CT molecular complexity index is 1270. The van der Waals surface area contributed by atoms with E-state index >= 15 is 0 Å². The first-order valence-electron chi connectivity index (χ1n) is 28.6. The monoisotopic (exact) mass is 1000 g/mol. The van der Waals surface area contributed by atoms with Crippen LogP contribution in [0.3, 0.4) is 0 Å². The van der Waals surface area contributed by atoms with E-state index < -0.39 is 86.8 Å². The number of rotatable bonds is 45. The molecule has 2 saturated heterocycles. The van der Waals surface area contributed by atoms with Crippen LogP contribution in [0.2, 0.25) is 0 Å². The third kappa shape index (κ3) is 28.8. The minimum atomic E-state index is -1.78. The van der Waals surface area contributed by atoms with E-state index in [4.69, 9.17) is 18.9 Å². The molecule has 0 bridgehead atoms. The SMILES string of the molecule is CCCCCCC/C=C\C/C=C\CCCCCCCCCCCCCCCCCCCCCCCC(=O)NC(COC1OC(CO)C(OC2OC(CO)C(O)C(O)C2O)C(O)C1O)C(O)CCCCC. The fourth-order valence-electron chi connectivity index (χ4n) is 9.50. The van der Waals surface area contributed by atoms with Crippen molar-refractivity contribution < 1.29 is 64.6 Å². The van der Waals surface area contributed by atoms with E-state index in [-0.39, 0.29) is 12.5 Å². The maximum absolute atomic E-state index is 13.0. The van der Waals surface area contributed by atoms with Gasteiger partial charge in [0, 0.05) is 6.42 Å². The normalized spacial score (nSPS) is 26.1. The zero-order valence-electron chi connectivity index (χ0n) is 44.0. The van der Waals surface area contributed by atoms with Gasteiger partial charge < -0.3 is 65.1 Å². The maximum atomic E-state index is 13.0. The molecular weight excluding hydrogens is 895 g/mol. The molecule has 0 spiro atoms. The quantitative estimate of drug-likeness (QED) is 0.0205. The molecule has 12 atom stereocenters. The van der Waals surface area contributed by atoms with Crippen molar-refractivity contribution in [1.82, 2.24) is 5.32 Å². The lowest BCUT2D eigenvalue weighted by Crippen LogP contribution is -2.65. The molecule has 412 valence electrons. The van der Waals surface area contributed by atoms with Crippen molar-refractivity contribution in [2.45, 2.75) is 306 Å². The third-order valence-electron chi connectivity index (χ3n) is 14.2. The lowest BCUT2D eigenvalue weighted by molar-refractivity contribution is -0.359. The largest absolute Gasteiger partial charge is 0.394 e. The van der Waals surface area contributed by atoms with Crippen LogP contribution in [0.1, 0.15) is 232 Å². The van der Waals surface area contributed by atoms with Gasteiger partial charge in [0.25, 0.3) is 0 Å². The number of hydrogen-bond donors (Lipinski definition) is 9. The summed E-state index contributed by atoms with van der Waals surface area (Å²) in [6, 6.07) is -0.821. The van der Waals surface area contributed by atoms with Crippen molar-refractivity contribution in [3.05, 3.63) is 24.3 Å². The van der Waals surface area contributed by atoms with Crippen molar-refractivity contribution in [2.24, 2.45) is 0 Å². The molecule has 14 nitrogen and oxygen atoms in total. The smallest absolute Gasteiger partial charge is 0.220 e. The van der Waals surface area contributed by atoms with Crippen LogP contribution in [0.15, 0.2) is 24.3 Å². The van der Waals surface area contributed by atoms with Crippen LogP contribution >= 0.6 is 0 Å². The lowest BCUT2D eigenvalue weighted by Gasteiger charge is -2.46. The van der Waals surface area contributed by atoms with Crippen LogP contribution in [-0.4, -0.2) is 140 Å². The van der Waals surface area contributed by atoms with E-state index in [0.717, 1.165) is 51.4 Å². The summed E-state index contributed by atoms with van der Waals surface area (Å²) in [6.07, 6.45) is 33.3. The van der Waals surface area contributed by atoms with E-state index in [2.05, 4.69) is 43.5 Å². The van der Waals surface area contributed by atoms with Crippen molar-refractivity contribution in [2.75, 3.05) is 19.8 Å². The molecule has 2 fully saturated rings. The van der Waals surface area contributed by atoms with Crippen LogP contribution in [0.4, 0.5) is 0 Å². The molecular formula is C56H105NO13. The van der Waals surface area contributed by atoms with Gasteiger partial charge in [0.1, 0.15) is 48.8 Å². The standard InChI is InChI=1S/C56H105NO13/c1-3-5-7-8-9-10-11-12-13-14-15-16-17-18-19-20-21-22-23-24-25-26-27-28-29-30-31-32-33-34-35-36-38-40-48(61)57-44(45(60)39-37-6-4-2)43-67-55-53(66)51(64)54(47(42-59)69-55)70-56-52(65)50(63)49(62)46(41-58)68-56/h11-12,14-15,44-47,49-56,58-60,62-66H,3-10,13,16-43H2,1-2H3,(H,57,61)/b12-11-,15-14-. The van der Waals surface area contributed by atoms with Crippen LogP contribution in [0.25, 0.3) is 0 Å². The predicted molar refractivity (Wildman–Crippen MR) is 277 cm³/mol. The van der Waals surface area contributed by atoms with Crippen molar-refractivity contribution in [1.29, 1.82) is 0 Å². The molecule has 0 radical (unpaired) electrons. The number of ether oxygens (including phenoxy) is 4. The summed E-state index contributed by atoms with van der Waals surface area (Å²) in [5, 5.41) is 86.1. The molecule has 2 aliphatic heterocycles. The number of allylic oxidation sites excluding steroid dienone is 4. The van der Waals surface area contributed by atoms with Crippen LogP contribution in [-0.2, 0) is 23.7 Å². The average Bonchev–Trinajstić information content (AvgIpc) is 3.36. The average molecular weight is 1000 g/mol. The minimum absolute atomic E-state index is 0.215. The van der Waals surface area contributed by atoms with Gasteiger partial charge >= 0.3 is 0 Å². The zero-order valence-corrected chi connectivity index (χ0v) is 44.0. The second-order valence-corrected chi connectivity index (χ2v) is 20.4. The number of amides is 1. The summed E-state index contributed by atoms with van der Waals surface area (Å²) in [5.41, 5.74) is 0. The van der Waals surface area contributed by atoms with Crippen LogP contribution in [0.5, 0.6) is 0 Å². The van der Waals surface area contributed by atoms with E-state index in [1.807, 2.05) is 0 Å². The van der Waals surface area contributed by atoms with Gasteiger partial charge in [-0.2, -0.15) is 0 Å². The first-order chi connectivity index (χ1) is 34.1. The molecule has 9 N–H and O–H groups in total. The van der Waals surface area contributed by atoms with E-state index in [1.54, 1.807) is 0 Å². The van der Waals surface area contributed by atoms with Gasteiger partial charge in [-0.25, -0.2) is 0 Å². The third-order valence-corrected chi connectivity index (χ3v) is 14.2. The maximum Gasteiger partial charge on any atom is 0.220 e. The number of carbonyl (C=O) groups excluding carboxylic acids is 1. The Morgan fingerprint density at radius 3 is 1.43 bits per heavy atom. The topological polar surface area (TPSA) is 228 Å². The van der Waals surface area contributed by atoms with Gasteiger partial charge in [0.2, 0.25) is 5.91 Å². The van der Waals surface area contributed by atoms with Crippen molar-refractivity contribution in [3.8, 4) is 0 Å². The summed E-state index contributed by atoms with van der Waals surface area (Å²) < 4.78 is 22.6. The van der Waals surface area contributed by atoms with E-state index in [9.17, 15) is 45.6 Å². The van der Waals surface area contributed by atoms with Crippen molar-refractivity contribution >= 4 is 5.91 Å². The van der Waals surface area contributed by atoms with Gasteiger partial charge in [0.15, 0.2) is 12.6 Å². The number of hydrogen-bond acceptors (Lipinski definition) is 13. The number of nitrogens with one attached hydrogen (secondary N) is 1. The lowest BCUT2D eigenvalue weighted by atomic mass is 9.97. The molecule has 0 aromatic carbocycles. The van der Waals surface area contributed by atoms with Crippen LogP contribution < -0.4 is 5.32 Å². The molecule has 12 unspecified atom stereocenters. The highest BCUT2D eigenvalue weighted by Crippen LogP contribution is 2.30. The molecule has 0 aromatic heterocycles. The molecule has 2 rings (SSSR count). The molecule has 70 heavy (non-hydrogen) atoms. The minimum Gasteiger partial charge on any atom is -0.394 e. The molecule has 0 aliphatic carbocycles. The Balaban J connectivity index is 1.49. The summed E-state index contributed by atoms with van der Waals surface area (Å²) in [5.74, 6) is -0.215. The van der Waals surface area contributed by atoms with Gasteiger partial charge in [-0.3, -0.25) is 4.79 Å². The number of carbonyl (C=O) groups is 1. The van der Waals surface area contributed by atoms with E-state index in [0.29, 0.717) is 12.8 Å². The molecule has 1 amide bonds. The molecule has 2 aliphatic rings. The highest BCUT2D eigenvalue weighted by molar-refractivity contribution is 5.76. The van der Waals surface area contributed by atoms with Gasteiger partial charge in [-0.1, -0.05) is 205 Å². The summed E-state index contributed by atoms with van der Waals surface area (Å²) in [6.45, 7) is 2.67. The first-order valence-corrected chi connectivity index (χ1v) is 28.6. The first kappa shape index (κ1) is 64.6. The van der Waals surface area contributed by atoms with Gasteiger partial charge in [-0.05, 0) is 44.9 Å². The Morgan fingerprint density at radius 2 is 0.943 bits per heavy atom.